The van der Waals surface area contributed by atoms with E-state index in [2.05, 4.69) is 20.2 Å². The van der Waals surface area contributed by atoms with Gasteiger partial charge in [0.1, 0.15) is 6.07 Å². The molecule has 3 fully saturated rings. The smallest absolute Gasteiger partial charge is 0.225 e. The monoisotopic (exact) mass is 215 g/mol. The summed E-state index contributed by atoms with van der Waals surface area (Å²) >= 11 is 0. The number of aromatic nitrogens is 2. The highest BCUT2D eigenvalue weighted by Crippen LogP contribution is 2.25. The lowest BCUT2D eigenvalue weighted by Gasteiger charge is -2.45. The van der Waals surface area contributed by atoms with E-state index in [4.69, 9.17) is 5.26 Å². The van der Waals surface area contributed by atoms with Gasteiger partial charge in [0.2, 0.25) is 5.95 Å². The third-order valence-corrected chi connectivity index (χ3v) is 3.37. The fourth-order valence-corrected chi connectivity index (χ4v) is 2.48. The van der Waals surface area contributed by atoms with Crippen molar-refractivity contribution in [1.29, 1.82) is 5.26 Å². The van der Waals surface area contributed by atoms with Gasteiger partial charge in [-0.2, -0.15) is 5.26 Å². The van der Waals surface area contributed by atoms with Crippen LogP contribution < -0.4 is 10.2 Å². The number of rotatable bonds is 1. The van der Waals surface area contributed by atoms with Gasteiger partial charge in [0.05, 0.1) is 18.0 Å². The van der Waals surface area contributed by atoms with Crippen molar-refractivity contribution in [2.45, 2.75) is 24.9 Å². The molecule has 4 heterocycles. The molecule has 4 rings (SSSR count). The van der Waals surface area contributed by atoms with Crippen LogP contribution >= 0.6 is 0 Å². The molecule has 0 amide bonds. The first-order chi connectivity index (χ1) is 7.86. The van der Waals surface area contributed by atoms with Crippen LogP contribution in [0, 0.1) is 11.3 Å². The number of piperidine rings is 2. The van der Waals surface area contributed by atoms with E-state index < -0.39 is 0 Å². The number of hydrogen-bond donors (Lipinski definition) is 1. The lowest BCUT2D eigenvalue weighted by Crippen LogP contribution is -2.61. The van der Waals surface area contributed by atoms with Crippen LogP contribution in [0.25, 0.3) is 0 Å². The SMILES string of the molecule is N#Cc1cnc(N2C[C@H]3CC[C@@H]2CN3)nc1. The first-order valence-electron chi connectivity index (χ1n) is 5.59. The Morgan fingerprint density at radius 2 is 2.19 bits per heavy atom. The summed E-state index contributed by atoms with van der Waals surface area (Å²) < 4.78 is 0. The van der Waals surface area contributed by atoms with E-state index in [-0.39, 0.29) is 0 Å². The topological polar surface area (TPSA) is 64.8 Å². The second-order valence-electron chi connectivity index (χ2n) is 4.37. The Labute approximate surface area is 94.1 Å². The molecule has 2 atom stereocenters. The minimum Gasteiger partial charge on any atom is -0.335 e. The van der Waals surface area contributed by atoms with Crippen molar-refractivity contribution in [2.75, 3.05) is 18.0 Å². The van der Waals surface area contributed by atoms with E-state index in [1.54, 1.807) is 12.4 Å². The van der Waals surface area contributed by atoms with Crippen LogP contribution in [-0.4, -0.2) is 35.1 Å². The molecule has 82 valence electrons. The van der Waals surface area contributed by atoms with E-state index in [1.807, 2.05) is 6.07 Å². The highest BCUT2D eigenvalue weighted by Gasteiger charge is 2.34. The predicted octanol–water partition coefficient (Wildman–Crippen LogP) is 0.289. The molecule has 16 heavy (non-hydrogen) atoms. The van der Waals surface area contributed by atoms with Gasteiger partial charge < -0.3 is 10.2 Å². The van der Waals surface area contributed by atoms with Gasteiger partial charge in [0, 0.05) is 25.2 Å². The third-order valence-electron chi connectivity index (χ3n) is 3.37. The van der Waals surface area contributed by atoms with E-state index in [0.29, 0.717) is 17.6 Å². The molecular weight excluding hydrogens is 202 g/mol. The number of nitrogens with zero attached hydrogens (tertiary/aromatic N) is 4. The predicted molar refractivity (Wildman–Crippen MR) is 58.9 cm³/mol. The molecule has 3 saturated heterocycles. The molecule has 0 aliphatic carbocycles. The molecule has 0 saturated carbocycles. The van der Waals surface area contributed by atoms with Gasteiger partial charge >= 0.3 is 0 Å². The molecule has 1 N–H and O–H groups in total. The second-order valence-corrected chi connectivity index (χ2v) is 4.37. The highest BCUT2D eigenvalue weighted by molar-refractivity contribution is 5.36. The van der Waals surface area contributed by atoms with Gasteiger partial charge in [-0.25, -0.2) is 9.97 Å². The van der Waals surface area contributed by atoms with Crippen LogP contribution in [0.15, 0.2) is 12.4 Å². The molecular formula is C11H13N5. The van der Waals surface area contributed by atoms with Crippen molar-refractivity contribution < 1.29 is 0 Å². The maximum atomic E-state index is 8.69. The summed E-state index contributed by atoms with van der Waals surface area (Å²) in [7, 11) is 0. The van der Waals surface area contributed by atoms with Crippen LogP contribution in [0.4, 0.5) is 5.95 Å². The van der Waals surface area contributed by atoms with Gasteiger partial charge in [0.25, 0.3) is 0 Å². The number of nitrogens with one attached hydrogen (secondary N) is 1. The fraction of sp³-hybridized carbons (Fsp3) is 0.545. The Hall–Kier alpha value is -1.67. The molecule has 0 aromatic carbocycles. The molecule has 0 unspecified atom stereocenters. The van der Waals surface area contributed by atoms with Crippen molar-refractivity contribution >= 4 is 5.95 Å². The number of fused-ring (bicyclic) bond motifs is 3. The minimum absolute atomic E-state index is 0.512. The maximum absolute atomic E-state index is 8.69. The zero-order valence-corrected chi connectivity index (χ0v) is 8.93. The minimum atomic E-state index is 0.512. The number of anilines is 1. The van der Waals surface area contributed by atoms with Crippen LogP contribution in [0.5, 0.6) is 0 Å². The molecule has 1 aromatic heterocycles. The molecule has 3 aliphatic rings. The quantitative estimate of drug-likeness (QED) is 0.729. The average Bonchev–Trinajstić information content (AvgIpc) is 2.40. The maximum Gasteiger partial charge on any atom is 0.225 e. The normalized spacial score (nSPS) is 27.8. The van der Waals surface area contributed by atoms with Crippen molar-refractivity contribution in [1.82, 2.24) is 15.3 Å². The van der Waals surface area contributed by atoms with Crippen molar-refractivity contribution in [3.8, 4) is 6.07 Å². The summed E-state index contributed by atoms with van der Waals surface area (Å²) in [5.74, 6) is 0.759. The molecule has 3 aliphatic heterocycles. The van der Waals surface area contributed by atoms with E-state index in [0.717, 1.165) is 19.0 Å². The van der Waals surface area contributed by atoms with Gasteiger partial charge in [-0.15, -0.1) is 0 Å². The third kappa shape index (κ3) is 1.51. The summed E-state index contributed by atoms with van der Waals surface area (Å²) in [6.07, 6.45) is 5.65. The summed E-state index contributed by atoms with van der Waals surface area (Å²) in [6.45, 7) is 2.00. The average molecular weight is 215 g/mol. The van der Waals surface area contributed by atoms with Crippen LogP contribution in [0.3, 0.4) is 0 Å². The Bertz CT molecular complexity index is 413. The summed E-state index contributed by atoms with van der Waals surface area (Å²) in [4.78, 5) is 10.8. The first kappa shape index (κ1) is 9.55. The number of hydrogen-bond acceptors (Lipinski definition) is 5. The Balaban J connectivity index is 1.84. The summed E-state index contributed by atoms with van der Waals surface area (Å²) in [5, 5.41) is 12.2. The van der Waals surface area contributed by atoms with Gasteiger partial charge in [-0.1, -0.05) is 0 Å². The van der Waals surface area contributed by atoms with Gasteiger partial charge in [-0.3, -0.25) is 0 Å². The fourth-order valence-electron chi connectivity index (χ4n) is 2.48. The molecule has 0 spiro atoms. The van der Waals surface area contributed by atoms with Crippen molar-refractivity contribution in [3.63, 3.8) is 0 Å². The Morgan fingerprint density at radius 3 is 2.69 bits per heavy atom. The lowest BCUT2D eigenvalue weighted by atomic mass is 9.93. The first-order valence-corrected chi connectivity index (χ1v) is 5.59. The van der Waals surface area contributed by atoms with E-state index >= 15 is 0 Å². The Kier molecular flexibility index (Phi) is 2.22. The molecule has 5 heteroatoms. The second kappa shape index (κ2) is 3.72. The van der Waals surface area contributed by atoms with E-state index in [1.165, 1.54) is 12.8 Å². The van der Waals surface area contributed by atoms with Crippen LogP contribution in [0.2, 0.25) is 0 Å². The van der Waals surface area contributed by atoms with E-state index in [9.17, 15) is 0 Å². The zero-order valence-electron chi connectivity index (χ0n) is 8.93. The molecule has 1 aromatic rings. The van der Waals surface area contributed by atoms with Crippen LogP contribution in [0.1, 0.15) is 18.4 Å². The zero-order chi connectivity index (χ0) is 11.0. The number of piperazine rings is 1. The lowest BCUT2D eigenvalue weighted by molar-refractivity contribution is 0.287. The standard InChI is InChI=1S/C11H13N5/c12-3-8-4-14-11(15-5-8)16-7-9-1-2-10(16)6-13-9/h4-5,9-10,13H,1-2,6-7H2/t9-,10-/m1/s1. The van der Waals surface area contributed by atoms with Gasteiger partial charge in [0.15, 0.2) is 0 Å². The molecule has 5 nitrogen and oxygen atoms in total. The van der Waals surface area contributed by atoms with Crippen molar-refractivity contribution in [3.05, 3.63) is 18.0 Å². The summed E-state index contributed by atoms with van der Waals surface area (Å²) in [6, 6.07) is 3.12. The molecule has 2 bridgehead atoms. The van der Waals surface area contributed by atoms with Crippen molar-refractivity contribution in [2.24, 2.45) is 0 Å². The Morgan fingerprint density at radius 1 is 1.38 bits per heavy atom. The van der Waals surface area contributed by atoms with Crippen LogP contribution in [-0.2, 0) is 0 Å². The summed E-state index contributed by atoms with van der Waals surface area (Å²) in [5.41, 5.74) is 0.518. The molecule has 0 radical (unpaired) electrons. The number of nitriles is 1. The van der Waals surface area contributed by atoms with Gasteiger partial charge in [-0.05, 0) is 12.8 Å². The highest BCUT2D eigenvalue weighted by atomic mass is 15.3. The largest absolute Gasteiger partial charge is 0.335 e.